The molecule has 3 rings (SSSR count). The average molecular weight is 361 g/mol. The van der Waals surface area contributed by atoms with E-state index in [2.05, 4.69) is 19.5 Å². The van der Waals surface area contributed by atoms with Crippen LogP contribution in [0.4, 0.5) is 5.95 Å². The molecule has 0 saturated carbocycles. The number of phosphoric acid groups is 1. The van der Waals surface area contributed by atoms with Crippen LogP contribution in [0.2, 0.25) is 0 Å². The number of fused-ring (bicyclic) bond motifs is 1. The second-order valence-electron chi connectivity index (χ2n) is 5.48. The Morgan fingerprint density at radius 1 is 1.54 bits per heavy atom. The summed E-state index contributed by atoms with van der Waals surface area (Å²) in [5.41, 5.74) is 5.15. The van der Waals surface area contributed by atoms with Gasteiger partial charge in [0.2, 0.25) is 5.95 Å². The van der Waals surface area contributed by atoms with Gasteiger partial charge >= 0.3 is 7.82 Å². The Morgan fingerprint density at radius 3 is 2.92 bits per heavy atom. The number of nitrogens with two attached hydrogens (primary N) is 1. The highest BCUT2D eigenvalue weighted by molar-refractivity contribution is 7.46. The summed E-state index contributed by atoms with van der Waals surface area (Å²) in [7, 11) is -4.65. The Hall–Kier alpha value is -1.82. The van der Waals surface area contributed by atoms with E-state index in [1.165, 1.54) is 10.9 Å². The maximum atomic E-state index is 11.8. The minimum Gasteiger partial charge on any atom is -0.388 e. The standard InChI is InChI=1S/C11H16N5O7P/c1-4-5(2-22-24(19,20)21)23-10(7(4)17)16-3-13-6-8(16)14-11(12)15-9(6)18/h3-5,7,10,17H,2H2,1H3,(H2,19,20,21)(H3,12,14,15,18)/t4-,5-,7-,10-/m1/s1. The molecule has 2 aromatic rings. The van der Waals surface area contributed by atoms with Gasteiger partial charge in [0.1, 0.15) is 6.10 Å². The SMILES string of the molecule is C[C@H]1[C@@H](O)[C@H](n2cnc3c(=O)[nH]c(N)nc32)O[C@@H]1COP(=O)(O)O. The van der Waals surface area contributed by atoms with E-state index < -0.39 is 44.3 Å². The smallest absolute Gasteiger partial charge is 0.388 e. The number of aromatic nitrogens is 4. The summed E-state index contributed by atoms with van der Waals surface area (Å²) in [5, 5.41) is 10.4. The van der Waals surface area contributed by atoms with Crippen LogP contribution in [0.25, 0.3) is 11.2 Å². The van der Waals surface area contributed by atoms with E-state index in [0.717, 1.165) is 0 Å². The molecule has 4 atom stereocenters. The first kappa shape index (κ1) is 17.0. The molecule has 0 amide bonds. The molecule has 0 aromatic carbocycles. The van der Waals surface area contributed by atoms with Crippen LogP contribution in [0.3, 0.4) is 0 Å². The first-order valence-corrected chi connectivity index (χ1v) is 8.46. The molecule has 2 aromatic heterocycles. The Kier molecular flexibility index (Phi) is 4.20. The van der Waals surface area contributed by atoms with Crippen LogP contribution in [-0.4, -0.2) is 53.2 Å². The van der Waals surface area contributed by atoms with Crippen LogP contribution in [0.1, 0.15) is 13.2 Å². The van der Waals surface area contributed by atoms with Crippen LogP contribution in [0.15, 0.2) is 11.1 Å². The zero-order chi connectivity index (χ0) is 17.6. The predicted molar refractivity (Wildman–Crippen MR) is 79.6 cm³/mol. The molecule has 1 fully saturated rings. The molecule has 0 bridgehead atoms. The van der Waals surface area contributed by atoms with E-state index >= 15 is 0 Å². The fourth-order valence-electron chi connectivity index (χ4n) is 2.58. The number of hydrogen-bond acceptors (Lipinski definition) is 8. The Labute approximate surface area is 134 Å². The summed E-state index contributed by atoms with van der Waals surface area (Å²) >= 11 is 0. The van der Waals surface area contributed by atoms with Gasteiger partial charge in [-0.05, 0) is 0 Å². The van der Waals surface area contributed by atoms with Crippen molar-refractivity contribution in [2.24, 2.45) is 5.92 Å². The van der Waals surface area contributed by atoms with Crippen molar-refractivity contribution in [1.82, 2.24) is 19.5 Å². The Morgan fingerprint density at radius 2 is 2.25 bits per heavy atom. The number of phosphoric ester groups is 1. The van der Waals surface area contributed by atoms with Gasteiger partial charge in [-0.3, -0.25) is 18.9 Å². The number of imidazole rings is 1. The van der Waals surface area contributed by atoms with Crippen molar-refractivity contribution in [3.8, 4) is 0 Å². The normalized spacial score (nSPS) is 27.8. The molecule has 0 spiro atoms. The quantitative estimate of drug-likeness (QED) is 0.410. The van der Waals surface area contributed by atoms with Crippen molar-refractivity contribution in [3.05, 3.63) is 16.7 Å². The maximum absolute atomic E-state index is 11.8. The molecule has 12 nitrogen and oxygen atoms in total. The molecular weight excluding hydrogens is 345 g/mol. The fourth-order valence-corrected chi connectivity index (χ4v) is 2.93. The lowest BCUT2D eigenvalue weighted by atomic mass is 10.0. The Balaban J connectivity index is 1.90. The molecule has 6 N–H and O–H groups in total. The fraction of sp³-hybridized carbons (Fsp3) is 0.545. The number of anilines is 1. The number of aliphatic hydroxyl groups excluding tert-OH is 1. The van der Waals surface area contributed by atoms with Gasteiger partial charge in [-0.1, -0.05) is 6.92 Å². The second kappa shape index (κ2) is 5.92. The molecule has 1 saturated heterocycles. The van der Waals surface area contributed by atoms with Crippen molar-refractivity contribution >= 4 is 24.9 Å². The first-order chi connectivity index (χ1) is 11.2. The van der Waals surface area contributed by atoms with Crippen molar-refractivity contribution in [2.45, 2.75) is 25.4 Å². The first-order valence-electron chi connectivity index (χ1n) is 6.93. The van der Waals surface area contributed by atoms with Gasteiger partial charge in [-0.25, -0.2) is 9.55 Å². The van der Waals surface area contributed by atoms with E-state index in [4.69, 9.17) is 20.3 Å². The average Bonchev–Trinajstić information content (AvgIpc) is 3.00. The van der Waals surface area contributed by atoms with E-state index in [1.807, 2.05) is 0 Å². The van der Waals surface area contributed by atoms with Crippen molar-refractivity contribution in [1.29, 1.82) is 0 Å². The molecule has 1 aliphatic rings. The maximum Gasteiger partial charge on any atom is 0.469 e. The molecule has 0 unspecified atom stereocenters. The number of nitrogens with one attached hydrogen (secondary N) is 1. The van der Waals surface area contributed by atoms with Gasteiger partial charge in [-0.15, -0.1) is 0 Å². The number of H-pyrrole nitrogens is 1. The predicted octanol–water partition coefficient (Wildman–Crippen LogP) is -1.29. The van der Waals surface area contributed by atoms with Crippen LogP contribution in [0.5, 0.6) is 0 Å². The van der Waals surface area contributed by atoms with E-state index in [0.29, 0.717) is 0 Å². The molecule has 24 heavy (non-hydrogen) atoms. The highest BCUT2D eigenvalue weighted by Gasteiger charge is 2.43. The highest BCUT2D eigenvalue weighted by atomic mass is 31.2. The van der Waals surface area contributed by atoms with Crippen LogP contribution < -0.4 is 11.3 Å². The zero-order valence-electron chi connectivity index (χ0n) is 12.4. The molecule has 0 aliphatic carbocycles. The number of nitrogens with zero attached hydrogens (tertiary/aromatic N) is 3. The van der Waals surface area contributed by atoms with E-state index in [-0.39, 0.29) is 17.1 Å². The third-order valence-corrected chi connectivity index (χ3v) is 4.35. The van der Waals surface area contributed by atoms with Crippen LogP contribution in [-0.2, 0) is 13.8 Å². The molecular formula is C11H16N5O7P. The molecule has 132 valence electrons. The summed E-state index contributed by atoms with van der Waals surface area (Å²) in [4.78, 5) is 39.6. The minimum absolute atomic E-state index is 0.0302. The third-order valence-electron chi connectivity index (χ3n) is 3.86. The minimum atomic E-state index is -4.65. The summed E-state index contributed by atoms with van der Waals surface area (Å²) in [6.07, 6.45) is -1.48. The van der Waals surface area contributed by atoms with Gasteiger partial charge in [0, 0.05) is 5.92 Å². The van der Waals surface area contributed by atoms with E-state index in [1.54, 1.807) is 6.92 Å². The Bertz CT molecular complexity index is 860. The summed E-state index contributed by atoms with van der Waals surface area (Å²) in [6.45, 7) is 1.24. The number of aliphatic hydroxyl groups is 1. The summed E-state index contributed by atoms with van der Waals surface area (Å²) in [6, 6.07) is 0. The third kappa shape index (κ3) is 3.07. The van der Waals surface area contributed by atoms with Crippen LogP contribution in [0, 0.1) is 5.92 Å². The molecule has 3 heterocycles. The molecule has 1 aliphatic heterocycles. The lowest BCUT2D eigenvalue weighted by molar-refractivity contribution is -0.0486. The van der Waals surface area contributed by atoms with Gasteiger partial charge < -0.3 is 25.4 Å². The summed E-state index contributed by atoms with van der Waals surface area (Å²) in [5.74, 6) is -0.602. The topological polar surface area (TPSA) is 186 Å². The number of ether oxygens (including phenoxy) is 1. The van der Waals surface area contributed by atoms with Crippen molar-refractivity contribution in [2.75, 3.05) is 12.3 Å². The number of hydrogen-bond donors (Lipinski definition) is 5. The van der Waals surface area contributed by atoms with Gasteiger partial charge in [0.15, 0.2) is 17.4 Å². The molecule has 0 radical (unpaired) electrons. The van der Waals surface area contributed by atoms with Gasteiger partial charge in [0.05, 0.1) is 19.0 Å². The molecule has 13 heteroatoms. The second-order valence-corrected chi connectivity index (χ2v) is 6.72. The van der Waals surface area contributed by atoms with Crippen LogP contribution >= 0.6 is 7.82 Å². The number of nitrogen functional groups attached to an aromatic ring is 1. The lowest BCUT2D eigenvalue weighted by Crippen LogP contribution is -2.26. The number of rotatable bonds is 4. The van der Waals surface area contributed by atoms with Gasteiger partial charge in [-0.2, -0.15) is 4.98 Å². The highest BCUT2D eigenvalue weighted by Crippen LogP contribution is 2.40. The van der Waals surface area contributed by atoms with Crippen molar-refractivity contribution < 1.29 is 28.7 Å². The largest absolute Gasteiger partial charge is 0.469 e. The van der Waals surface area contributed by atoms with E-state index in [9.17, 15) is 14.5 Å². The summed E-state index contributed by atoms with van der Waals surface area (Å²) < 4.78 is 22.2. The zero-order valence-corrected chi connectivity index (χ0v) is 13.3. The van der Waals surface area contributed by atoms with Gasteiger partial charge in [0.25, 0.3) is 5.56 Å². The van der Waals surface area contributed by atoms with Crippen molar-refractivity contribution in [3.63, 3.8) is 0 Å². The number of aromatic amines is 1. The lowest BCUT2D eigenvalue weighted by Gasteiger charge is -2.17. The monoisotopic (exact) mass is 361 g/mol.